The van der Waals surface area contributed by atoms with Crippen molar-refractivity contribution in [2.75, 3.05) is 19.5 Å². The van der Waals surface area contributed by atoms with E-state index < -0.39 is 0 Å². The van der Waals surface area contributed by atoms with E-state index >= 15 is 0 Å². The number of carbonyl (C=O) groups is 2. The Hall–Kier alpha value is -3.32. The Bertz CT molecular complexity index is 953. The van der Waals surface area contributed by atoms with Gasteiger partial charge in [-0.1, -0.05) is 18.2 Å². The largest absolute Gasteiger partial charge is 0.497 e. The van der Waals surface area contributed by atoms with Gasteiger partial charge in [-0.3, -0.25) is 9.59 Å². The zero-order valence-corrected chi connectivity index (χ0v) is 16.3. The number of methoxy groups -OCH3 is 2. The highest BCUT2D eigenvalue weighted by molar-refractivity contribution is 7.12. The van der Waals surface area contributed by atoms with Crippen LogP contribution in [0, 0.1) is 0 Å². The predicted molar refractivity (Wildman–Crippen MR) is 109 cm³/mol. The molecule has 144 valence electrons. The van der Waals surface area contributed by atoms with Crippen molar-refractivity contribution in [2.45, 2.75) is 6.54 Å². The molecule has 0 saturated carbocycles. The highest BCUT2D eigenvalue weighted by Gasteiger charge is 2.11. The van der Waals surface area contributed by atoms with E-state index in [1.807, 2.05) is 23.6 Å². The lowest BCUT2D eigenvalue weighted by atomic mass is 10.1. The van der Waals surface area contributed by atoms with Crippen LogP contribution in [0.3, 0.4) is 0 Å². The van der Waals surface area contributed by atoms with Gasteiger partial charge in [-0.25, -0.2) is 0 Å². The molecule has 0 radical (unpaired) electrons. The first kappa shape index (κ1) is 19.4. The van der Waals surface area contributed by atoms with Gasteiger partial charge in [-0.2, -0.15) is 0 Å². The summed E-state index contributed by atoms with van der Waals surface area (Å²) in [4.78, 5) is 25.2. The molecule has 0 unspecified atom stereocenters. The second-order valence-electron chi connectivity index (χ2n) is 5.88. The van der Waals surface area contributed by atoms with Crippen LogP contribution in [0.2, 0.25) is 0 Å². The van der Waals surface area contributed by atoms with E-state index in [0.29, 0.717) is 34.2 Å². The minimum atomic E-state index is -0.252. The van der Waals surface area contributed by atoms with E-state index in [-0.39, 0.29) is 11.8 Å². The van der Waals surface area contributed by atoms with Crippen LogP contribution in [0.25, 0.3) is 0 Å². The Balaban J connectivity index is 1.61. The summed E-state index contributed by atoms with van der Waals surface area (Å²) in [6, 6.07) is 15.9. The Morgan fingerprint density at radius 1 is 0.964 bits per heavy atom. The summed E-state index contributed by atoms with van der Waals surface area (Å²) in [5.41, 5.74) is 1.97. The number of benzene rings is 2. The minimum absolute atomic E-state index is 0.108. The highest BCUT2D eigenvalue weighted by atomic mass is 32.1. The van der Waals surface area contributed by atoms with Gasteiger partial charge >= 0.3 is 0 Å². The SMILES string of the molecule is COc1ccc(NC(=O)c2ccc(CNC(=O)c3cccs3)cc2)c(OC)c1. The molecule has 3 rings (SSSR count). The van der Waals surface area contributed by atoms with E-state index in [1.54, 1.807) is 43.5 Å². The van der Waals surface area contributed by atoms with Gasteiger partial charge in [0.15, 0.2) is 0 Å². The van der Waals surface area contributed by atoms with Crippen molar-refractivity contribution in [3.8, 4) is 11.5 Å². The molecular formula is C21H20N2O4S. The van der Waals surface area contributed by atoms with Crippen LogP contribution >= 0.6 is 11.3 Å². The maximum Gasteiger partial charge on any atom is 0.261 e. The average Bonchev–Trinajstić information content (AvgIpc) is 3.27. The topological polar surface area (TPSA) is 76.7 Å². The monoisotopic (exact) mass is 396 g/mol. The summed E-state index contributed by atoms with van der Waals surface area (Å²) in [7, 11) is 3.10. The third-order valence-corrected chi connectivity index (χ3v) is 4.94. The number of hydrogen-bond donors (Lipinski definition) is 2. The zero-order valence-electron chi connectivity index (χ0n) is 15.5. The highest BCUT2D eigenvalue weighted by Crippen LogP contribution is 2.29. The van der Waals surface area contributed by atoms with Gasteiger partial charge in [0.1, 0.15) is 11.5 Å². The molecule has 3 aromatic rings. The summed E-state index contributed by atoms with van der Waals surface area (Å²) in [6.07, 6.45) is 0. The predicted octanol–water partition coefficient (Wildman–Crippen LogP) is 3.95. The van der Waals surface area contributed by atoms with Crippen LogP contribution in [0.15, 0.2) is 60.0 Å². The van der Waals surface area contributed by atoms with Crippen LogP contribution in [0.5, 0.6) is 11.5 Å². The maximum atomic E-state index is 12.5. The first-order valence-corrected chi connectivity index (χ1v) is 9.42. The van der Waals surface area contributed by atoms with Gasteiger partial charge in [0.25, 0.3) is 11.8 Å². The number of rotatable bonds is 7. The molecule has 2 aromatic carbocycles. The summed E-state index contributed by atoms with van der Waals surface area (Å²) in [5, 5.41) is 7.55. The quantitative estimate of drug-likeness (QED) is 0.634. The summed E-state index contributed by atoms with van der Waals surface area (Å²) in [5.74, 6) is 0.797. The first-order chi connectivity index (χ1) is 13.6. The van der Waals surface area contributed by atoms with E-state index in [0.717, 1.165) is 5.56 Å². The molecule has 0 aliphatic heterocycles. The van der Waals surface area contributed by atoms with Crippen LogP contribution in [-0.2, 0) is 6.54 Å². The Morgan fingerprint density at radius 2 is 1.75 bits per heavy atom. The number of carbonyl (C=O) groups excluding carboxylic acids is 2. The second kappa shape index (κ2) is 9.05. The smallest absolute Gasteiger partial charge is 0.261 e. The Kier molecular flexibility index (Phi) is 6.29. The van der Waals surface area contributed by atoms with Gasteiger partial charge in [0.05, 0.1) is 24.8 Å². The fourth-order valence-corrected chi connectivity index (χ4v) is 3.19. The maximum absolute atomic E-state index is 12.5. The molecule has 6 nitrogen and oxygen atoms in total. The number of amides is 2. The standard InChI is InChI=1S/C21H20N2O4S/c1-26-16-9-10-17(18(12-16)27-2)23-20(24)15-7-5-14(6-8-15)13-22-21(25)19-4-3-11-28-19/h3-12H,13H2,1-2H3,(H,22,25)(H,23,24). The van der Waals surface area contributed by atoms with Crippen molar-refractivity contribution in [1.29, 1.82) is 0 Å². The normalized spacial score (nSPS) is 10.2. The Labute approximate surface area is 167 Å². The lowest BCUT2D eigenvalue weighted by Gasteiger charge is -2.12. The third-order valence-electron chi connectivity index (χ3n) is 4.07. The number of anilines is 1. The van der Waals surface area contributed by atoms with Crippen molar-refractivity contribution in [1.82, 2.24) is 5.32 Å². The molecule has 0 spiro atoms. The summed E-state index contributed by atoms with van der Waals surface area (Å²) < 4.78 is 10.5. The summed E-state index contributed by atoms with van der Waals surface area (Å²) >= 11 is 1.40. The van der Waals surface area contributed by atoms with E-state index in [1.165, 1.54) is 18.4 Å². The second-order valence-corrected chi connectivity index (χ2v) is 6.82. The number of hydrogen-bond acceptors (Lipinski definition) is 5. The molecule has 0 aliphatic carbocycles. The first-order valence-electron chi connectivity index (χ1n) is 8.54. The minimum Gasteiger partial charge on any atom is -0.497 e. The molecule has 1 heterocycles. The number of thiophene rings is 1. The number of ether oxygens (including phenoxy) is 2. The van der Waals surface area contributed by atoms with Gasteiger partial charge in [0, 0.05) is 18.2 Å². The van der Waals surface area contributed by atoms with Crippen molar-refractivity contribution in [2.24, 2.45) is 0 Å². The van der Waals surface area contributed by atoms with Gasteiger partial charge in [-0.05, 0) is 41.3 Å². The van der Waals surface area contributed by atoms with Crippen molar-refractivity contribution < 1.29 is 19.1 Å². The van der Waals surface area contributed by atoms with Gasteiger partial charge < -0.3 is 20.1 Å². The molecule has 0 aliphatic rings. The molecule has 2 N–H and O–H groups in total. The molecule has 28 heavy (non-hydrogen) atoms. The zero-order chi connectivity index (χ0) is 19.9. The van der Waals surface area contributed by atoms with E-state index in [4.69, 9.17) is 9.47 Å². The fraction of sp³-hybridized carbons (Fsp3) is 0.143. The van der Waals surface area contributed by atoms with Gasteiger partial charge in [0.2, 0.25) is 0 Å². The molecule has 0 saturated heterocycles. The van der Waals surface area contributed by atoms with Crippen LogP contribution in [-0.4, -0.2) is 26.0 Å². The molecule has 0 atom stereocenters. The van der Waals surface area contributed by atoms with Crippen molar-refractivity contribution in [3.05, 3.63) is 76.0 Å². The van der Waals surface area contributed by atoms with Crippen LogP contribution in [0.1, 0.15) is 25.6 Å². The summed E-state index contributed by atoms with van der Waals surface area (Å²) in [6.45, 7) is 0.394. The Morgan fingerprint density at radius 3 is 2.39 bits per heavy atom. The number of nitrogens with one attached hydrogen (secondary N) is 2. The third kappa shape index (κ3) is 4.69. The fourth-order valence-electron chi connectivity index (χ4n) is 2.55. The average molecular weight is 396 g/mol. The molecule has 0 fully saturated rings. The lowest BCUT2D eigenvalue weighted by Crippen LogP contribution is -2.21. The molecular weight excluding hydrogens is 376 g/mol. The van der Waals surface area contributed by atoms with Crippen molar-refractivity contribution in [3.63, 3.8) is 0 Å². The molecule has 1 aromatic heterocycles. The van der Waals surface area contributed by atoms with Gasteiger partial charge in [-0.15, -0.1) is 11.3 Å². The molecule has 7 heteroatoms. The molecule has 2 amide bonds. The lowest BCUT2D eigenvalue weighted by molar-refractivity contribution is 0.0953. The van der Waals surface area contributed by atoms with E-state index in [2.05, 4.69) is 10.6 Å². The van der Waals surface area contributed by atoms with Crippen LogP contribution < -0.4 is 20.1 Å². The van der Waals surface area contributed by atoms with Crippen molar-refractivity contribution >= 4 is 28.8 Å². The van der Waals surface area contributed by atoms with E-state index in [9.17, 15) is 9.59 Å². The molecule has 0 bridgehead atoms. The van der Waals surface area contributed by atoms with Crippen LogP contribution in [0.4, 0.5) is 5.69 Å².